The summed E-state index contributed by atoms with van der Waals surface area (Å²) >= 11 is 1.59. The van der Waals surface area contributed by atoms with Crippen molar-refractivity contribution < 1.29 is 9.53 Å². The summed E-state index contributed by atoms with van der Waals surface area (Å²) in [4.78, 5) is 11.5. The van der Waals surface area contributed by atoms with E-state index in [1.165, 1.54) is 7.11 Å². The maximum Gasteiger partial charge on any atom is 0.339 e. The molecule has 0 saturated carbocycles. The van der Waals surface area contributed by atoms with Gasteiger partial charge in [0.2, 0.25) is 0 Å². The quantitative estimate of drug-likeness (QED) is 0.662. The number of aromatic nitrogens is 3. The Bertz CT molecular complexity index is 703. The van der Waals surface area contributed by atoms with E-state index < -0.39 is 0 Å². The molecule has 18 heavy (non-hydrogen) atoms. The number of hydrogen-bond acceptors (Lipinski definition) is 5. The second kappa shape index (κ2) is 4.23. The van der Waals surface area contributed by atoms with Crippen LogP contribution in [0.4, 0.5) is 0 Å². The summed E-state index contributed by atoms with van der Waals surface area (Å²) in [5, 5.41) is 12.2. The van der Waals surface area contributed by atoms with E-state index in [2.05, 4.69) is 10.2 Å². The lowest BCUT2D eigenvalue weighted by molar-refractivity contribution is 0.0600. The van der Waals surface area contributed by atoms with Crippen LogP contribution < -0.4 is 0 Å². The van der Waals surface area contributed by atoms with Crippen LogP contribution in [0.25, 0.3) is 17.0 Å². The summed E-state index contributed by atoms with van der Waals surface area (Å²) < 4.78 is 6.49. The van der Waals surface area contributed by atoms with Crippen molar-refractivity contribution >= 4 is 23.0 Å². The summed E-state index contributed by atoms with van der Waals surface area (Å²) in [6.45, 7) is 0. The van der Waals surface area contributed by atoms with Gasteiger partial charge in [-0.25, -0.2) is 4.79 Å². The van der Waals surface area contributed by atoms with Gasteiger partial charge in [0, 0.05) is 17.1 Å². The average Bonchev–Trinajstić information content (AvgIpc) is 3.05. The minimum atomic E-state index is -0.373. The molecule has 0 amide bonds. The maximum atomic E-state index is 11.5. The van der Waals surface area contributed by atoms with E-state index >= 15 is 0 Å². The second-order valence-electron chi connectivity index (χ2n) is 3.67. The van der Waals surface area contributed by atoms with Crippen molar-refractivity contribution in [3.05, 3.63) is 40.7 Å². The Morgan fingerprint density at radius 3 is 2.94 bits per heavy atom. The van der Waals surface area contributed by atoms with E-state index in [1.807, 2.05) is 16.8 Å². The van der Waals surface area contributed by atoms with Gasteiger partial charge in [0.25, 0.3) is 0 Å². The molecule has 0 fully saturated rings. The molecule has 0 aromatic carbocycles. The molecule has 3 heterocycles. The number of pyridine rings is 1. The van der Waals surface area contributed by atoms with Crippen LogP contribution in [0.5, 0.6) is 0 Å². The van der Waals surface area contributed by atoms with Gasteiger partial charge in [-0.2, -0.15) is 11.3 Å². The SMILES string of the molecule is COC(=O)c1ccc2nnc(-c3ccsc3)n2c1. The molecule has 0 spiro atoms. The smallest absolute Gasteiger partial charge is 0.339 e. The fourth-order valence-corrected chi connectivity index (χ4v) is 2.35. The van der Waals surface area contributed by atoms with Gasteiger partial charge in [0.1, 0.15) is 0 Å². The number of carbonyl (C=O) groups excluding carboxylic acids is 1. The van der Waals surface area contributed by atoms with Crippen LogP contribution in [0.15, 0.2) is 35.2 Å². The van der Waals surface area contributed by atoms with Crippen LogP contribution in [-0.2, 0) is 4.74 Å². The van der Waals surface area contributed by atoms with Crippen molar-refractivity contribution in [2.24, 2.45) is 0 Å². The molecule has 0 unspecified atom stereocenters. The summed E-state index contributed by atoms with van der Waals surface area (Å²) in [5.41, 5.74) is 2.15. The molecule has 0 aliphatic heterocycles. The fraction of sp³-hybridized carbons (Fsp3) is 0.0833. The van der Waals surface area contributed by atoms with Crippen molar-refractivity contribution in [1.82, 2.24) is 14.6 Å². The topological polar surface area (TPSA) is 56.5 Å². The Labute approximate surface area is 107 Å². The van der Waals surface area contributed by atoms with Crippen LogP contribution in [0.1, 0.15) is 10.4 Å². The Hall–Kier alpha value is -2.21. The normalized spacial score (nSPS) is 10.7. The van der Waals surface area contributed by atoms with Crippen molar-refractivity contribution in [1.29, 1.82) is 0 Å². The molecule has 0 saturated heterocycles. The van der Waals surface area contributed by atoms with E-state index in [0.29, 0.717) is 11.2 Å². The first-order valence-corrected chi connectivity index (χ1v) is 6.19. The Morgan fingerprint density at radius 2 is 2.22 bits per heavy atom. The Kier molecular flexibility index (Phi) is 2.56. The van der Waals surface area contributed by atoms with Crippen LogP contribution >= 0.6 is 11.3 Å². The Balaban J connectivity index is 2.19. The molecule has 0 aliphatic carbocycles. The van der Waals surface area contributed by atoms with E-state index in [0.717, 1.165) is 11.4 Å². The molecule has 3 aromatic rings. The standard InChI is InChI=1S/C12H9N3O2S/c1-17-12(16)8-2-3-10-13-14-11(15(10)6-8)9-4-5-18-7-9/h2-7H,1H3. The first kappa shape index (κ1) is 10.9. The zero-order valence-electron chi connectivity index (χ0n) is 9.53. The van der Waals surface area contributed by atoms with Crippen LogP contribution in [0, 0.1) is 0 Å². The van der Waals surface area contributed by atoms with E-state index in [4.69, 9.17) is 4.74 Å². The van der Waals surface area contributed by atoms with Crippen LogP contribution in [-0.4, -0.2) is 27.7 Å². The largest absolute Gasteiger partial charge is 0.465 e. The third-order valence-electron chi connectivity index (χ3n) is 2.60. The van der Waals surface area contributed by atoms with Crippen molar-refractivity contribution in [3.63, 3.8) is 0 Å². The molecule has 3 rings (SSSR count). The van der Waals surface area contributed by atoms with Crippen LogP contribution in [0.2, 0.25) is 0 Å². The fourth-order valence-electron chi connectivity index (χ4n) is 1.72. The molecule has 6 heteroatoms. The van der Waals surface area contributed by atoms with Crippen LogP contribution in [0.3, 0.4) is 0 Å². The van der Waals surface area contributed by atoms with Gasteiger partial charge in [0.15, 0.2) is 11.5 Å². The maximum absolute atomic E-state index is 11.5. The van der Waals surface area contributed by atoms with E-state index in [1.54, 1.807) is 34.1 Å². The molecule has 5 nitrogen and oxygen atoms in total. The van der Waals surface area contributed by atoms with E-state index in [-0.39, 0.29) is 5.97 Å². The Morgan fingerprint density at radius 1 is 1.33 bits per heavy atom. The van der Waals surface area contributed by atoms with Gasteiger partial charge >= 0.3 is 5.97 Å². The monoisotopic (exact) mass is 259 g/mol. The molecule has 0 N–H and O–H groups in total. The zero-order chi connectivity index (χ0) is 12.5. The number of nitrogens with zero attached hydrogens (tertiary/aromatic N) is 3. The number of esters is 1. The van der Waals surface area contributed by atoms with Crippen molar-refractivity contribution in [2.45, 2.75) is 0 Å². The predicted octanol–water partition coefficient (Wildman–Crippen LogP) is 2.24. The van der Waals surface area contributed by atoms with Gasteiger partial charge in [-0.05, 0) is 23.6 Å². The number of rotatable bonds is 2. The molecule has 0 bridgehead atoms. The molecular formula is C12H9N3O2S. The van der Waals surface area contributed by atoms with Gasteiger partial charge in [-0.3, -0.25) is 4.40 Å². The highest BCUT2D eigenvalue weighted by Gasteiger charge is 2.11. The highest BCUT2D eigenvalue weighted by atomic mass is 32.1. The minimum absolute atomic E-state index is 0.373. The molecule has 3 aromatic heterocycles. The molecular weight excluding hydrogens is 250 g/mol. The van der Waals surface area contributed by atoms with Crippen molar-refractivity contribution in [3.8, 4) is 11.4 Å². The third kappa shape index (κ3) is 1.67. The van der Waals surface area contributed by atoms with E-state index in [9.17, 15) is 4.79 Å². The number of carbonyl (C=O) groups is 1. The lowest BCUT2D eigenvalue weighted by Gasteiger charge is -2.01. The molecule has 90 valence electrons. The third-order valence-corrected chi connectivity index (χ3v) is 3.29. The molecule has 0 atom stereocenters. The summed E-state index contributed by atoms with van der Waals surface area (Å²) in [7, 11) is 1.36. The number of hydrogen-bond donors (Lipinski definition) is 0. The highest BCUT2D eigenvalue weighted by Crippen LogP contribution is 2.21. The number of ether oxygens (including phenoxy) is 1. The number of thiophene rings is 1. The van der Waals surface area contributed by atoms with Gasteiger partial charge in [-0.1, -0.05) is 0 Å². The first-order chi connectivity index (χ1) is 8.79. The minimum Gasteiger partial charge on any atom is -0.465 e. The summed E-state index contributed by atoms with van der Waals surface area (Å²) in [6.07, 6.45) is 1.69. The lowest BCUT2D eigenvalue weighted by Crippen LogP contribution is -2.03. The predicted molar refractivity (Wildman–Crippen MR) is 67.6 cm³/mol. The molecule has 0 aliphatic rings. The molecule has 0 radical (unpaired) electrons. The summed E-state index contributed by atoms with van der Waals surface area (Å²) in [6, 6.07) is 5.38. The highest BCUT2D eigenvalue weighted by molar-refractivity contribution is 7.08. The van der Waals surface area contributed by atoms with Gasteiger partial charge in [-0.15, -0.1) is 10.2 Å². The number of fused-ring (bicyclic) bond motifs is 1. The van der Waals surface area contributed by atoms with Crippen molar-refractivity contribution in [2.75, 3.05) is 7.11 Å². The zero-order valence-corrected chi connectivity index (χ0v) is 10.3. The second-order valence-corrected chi connectivity index (χ2v) is 4.45. The van der Waals surface area contributed by atoms with Gasteiger partial charge in [0.05, 0.1) is 12.7 Å². The van der Waals surface area contributed by atoms with Gasteiger partial charge < -0.3 is 4.74 Å². The first-order valence-electron chi connectivity index (χ1n) is 5.25. The lowest BCUT2D eigenvalue weighted by atomic mass is 10.2. The number of methoxy groups -OCH3 is 1. The average molecular weight is 259 g/mol. The summed E-state index contributed by atoms with van der Waals surface area (Å²) in [5.74, 6) is 0.346.